The van der Waals surface area contributed by atoms with E-state index in [2.05, 4.69) is 5.92 Å². The Balaban J connectivity index is 2.42. The molecule has 0 aliphatic carbocycles. The zero-order valence-electron chi connectivity index (χ0n) is 8.50. The van der Waals surface area contributed by atoms with Gasteiger partial charge in [-0.1, -0.05) is 23.7 Å². The van der Waals surface area contributed by atoms with Gasteiger partial charge >= 0.3 is 0 Å². The highest BCUT2D eigenvalue weighted by Crippen LogP contribution is 2.12. The first-order valence-corrected chi connectivity index (χ1v) is 5.30. The SMILES string of the molecule is C#CCCCC(=O)Cc1cccc(Cl)c1. The lowest BCUT2D eigenvalue weighted by molar-refractivity contribution is -0.118. The second-order valence-corrected chi connectivity index (χ2v) is 3.84. The topological polar surface area (TPSA) is 17.1 Å². The molecule has 0 amide bonds. The van der Waals surface area contributed by atoms with E-state index in [1.54, 1.807) is 6.07 Å². The third-order valence-electron chi connectivity index (χ3n) is 2.07. The maximum atomic E-state index is 11.5. The van der Waals surface area contributed by atoms with Gasteiger partial charge < -0.3 is 0 Å². The van der Waals surface area contributed by atoms with Crippen molar-refractivity contribution in [2.45, 2.75) is 25.7 Å². The van der Waals surface area contributed by atoms with Gasteiger partial charge in [-0.2, -0.15) is 0 Å². The summed E-state index contributed by atoms with van der Waals surface area (Å²) in [6.45, 7) is 0. The Bertz CT molecular complexity index is 376. The van der Waals surface area contributed by atoms with E-state index in [1.807, 2.05) is 18.2 Å². The lowest BCUT2D eigenvalue weighted by Crippen LogP contribution is -2.02. The van der Waals surface area contributed by atoms with Crippen molar-refractivity contribution in [1.29, 1.82) is 0 Å². The first-order valence-electron chi connectivity index (χ1n) is 4.92. The molecule has 1 rings (SSSR count). The van der Waals surface area contributed by atoms with Crippen LogP contribution in [-0.4, -0.2) is 5.78 Å². The van der Waals surface area contributed by atoms with Gasteiger partial charge in [0.05, 0.1) is 0 Å². The molecule has 0 aromatic heterocycles. The first-order chi connectivity index (χ1) is 7.22. The summed E-state index contributed by atoms with van der Waals surface area (Å²) in [7, 11) is 0. The van der Waals surface area contributed by atoms with Crippen LogP contribution in [0.1, 0.15) is 24.8 Å². The van der Waals surface area contributed by atoms with Crippen molar-refractivity contribution in [2.24, 2.45) is 0 Å². The van der Waals surface area contributed by atoms with Crippen LogP contribution in [0.4, 0.5) is 0 Å². The smallest absolute Gasteiger partial charge is 0.137 e. The van der Waals surface area contributed by atoms with Gasteiger partial charge in [0.2, 0.25) is 0 Å². The number of halogens is 1. The Labute approximate surface area is 95.5 Å². The van der Waals surface area contributed by atoms with Crippen LogP contribution >= 0.6 is 11.6 Å². The van der Waals surface area contributed by atoms with E-state index < -0.39 is 0 Å². The van der Waals surface area contributed by atoms with Gasteiger partial charge in [-0.25, -0.2) is 0 Å². The molecule has 0 saturated heterocycles. The van der Waals surface area contributed by atoms with Crippen molar-refractivity contribution in [3.8, 4) is 12.3 Å². The predicted molar refractivity (Wildman–Crippen MR) is 62.8 cm³/mol. The van der Waals surface area contributed by atoms with Crippen molar-refractivity contribution >= 4 is 17.4 Å². The van der Waals surface area contributed by atoms with Crippen molar-refractivity contribution in [1.82, 2.24) is 0 Å². The molecular weight excluding hydrogens is 208 g/mol. The number of ketones is 1. The molecule has 0 bridgehead atoms. The lowest BCUT2D eigenvalue weighted by atomic mass is 10.1. The molecule has 2 heteroatoms. The van der Waals surface area contributed by atoms with Crippen molar-refractivity contribution < 1.29 is 4.79 Å². The number of benzene rings is 1. The maximum Gasteiger partial charge on any atom is 0.137 e. The van der Waals surface area contributed by atoms with Gasteiger partial charge in [0.15, 0.2) is 0 Å². The van der Waals surface area contributed by atoms with E-state index in [9.17, 15) is 4.79 Å². The van der Waals surface area contributed by atoms with Crippen molar-refractivity contribution in [2.75, 3.05) is 0 Å². The minimum atomic E-state index is 0.215. The quantitative estimate of drug-likeness (QED) is 0.550. The van der Waals surface area contributed by atoms with E-state index in [0.29, 0.717) is 24.3 Å². The summed E-state index contributed by atoms with van der Waals surface area (Å²) in [5, 5.41) is 0.670. The number of Topliss-reactive ketones (excluding diaryl/α,β-unsaturated/α-hetero) is 1. The van der Waals surface area contributed by atoms with E-state index >= 15 is 0 Å². The maximum absolute atomic E-state index is 11.5. The predicted octanol–water partition coefficient (Wildman–Crippen LogP) is 3.26. The molecule has 0 unspecified atom stereocenters. The highest BCUT2D eigenvalue weighted by molar-refractivity contribution is 6.30. The molecular formula is C13H13ClO. The molecule has 0 aliphatic heterocycles. The molecule has 1 nitrogen and oxygen atoms in total. The second kappa shape index (κ2) is 6.27. The summed E-state index contributed by atoms with van der Waals surface area (Å²) in [6.07, 6.45) is 7.55. The van der Waals surface area contributed by atoms with Crippen LogP contribution in [-0.2, 0) is 11.2 Å². The fraction of sp³-hybridized carbons (Fsp3) is 0.308. The summed E-state index contributed by atoms with van der Waals surface area (Å²) in [4.78, 5) is 11.5. The van der Waals surface area contributed by atoms with Gasteiger partial charge in [0.1, 0.15) is 5.78 Å². The number of hydrogen-bond donors (Lipinski definition) is 0. The van der Waals surface area contributed by atoms with Crippen LogP contribution in [0.5, 0.6) is 0 Å². The average molecular weight is 221 g/mol. The molecule has 15 heavy (non-hydrogen) atoms. The van der Waals surface area contributed by atoms with E-state index in [1.165, 1.54) is 0 Å². The minimum absolute atomic E-state index is 0.215. The lowest BCUT2D eigenvalue weighted by Gasteiger charge is -2.00. The number of carbonyl (C=O) groups is 1. The molecule has 0 atom stereocenters. The van der Waals surface area contributed by atoms with Gasteiger partial charge in [0.25, 0.3) is 0 Å². The molecule has 0 N–H and O–H groups in total. The summed E-state index contributed by atoms with van der Waals surface area (Å²) in [5.74, 6) is 2.74. The first kappa shape index (κ1) is 11.8. The van der Waals surface area contributed by atoms with Crippen molar-refractivity contribution in [3.63, 3.8) is 0 Å². The largest absolute Gasteiger partial charge is 0.299 e. The molecule has 1 aromatic rings. The number of hydrogen-bond acceptors (Lipinski definition) is 1. The zero-order valence-corrected chi connectivity index (χ0v) is 9.26. The van der Waals surface area contributed by atoms with Gasteiger partial charge in [-0.05, 0) is 24.1 Å². The third-order valence-corrected chi connectivity index (χ3v) is 2.30. The van der Waals surface area contributed by atoms with Gasteiger partial charge in [0, 0.05) is 24.3 Å². The van der Waals surface area contributed by atoms with E-state index in [4.69, 9.17) is 18.0 Å². The Morgan fingerprint density at radius 1 is 1.47 bits per heavy atom. The molecule has 0 aliphatic rings. The summed E-state index contributed by atoms with van der Waals surface area (Å²) in [6, 6.07) is 7.38. The molecule has 0 heterocycles. The minimum Gasteiger partial charge on any atom is -0.299 e. The second-order valence-electron chi connectivity index (χ2n) is 3.40. The van der Waals surface area contributed by atoms with Crippen LogP contribution in [0.25, 0.3) is 0 Å². The normalized spacial score (nSPS) is 9.60. The molecule has 0 spiro atoms. The summed E-state index contributed by atoms with van der Waals surface area (Å²) >= 11 is 5.82. The Kier molecular flexibility index (Phi) is 4.93. The third kappa shape index (κ3) is 4.67. The fourth-order valence-corrected chi connectivity index (χ4v) is 1.56. The number of unbranched alkanes of at least 4 members (excludes halogenated alkanes) is 1. The van der Waals surface area contributed by atoms with Gasteiger partial charge in [-0.15, -0.1) is 12.3 Å². The monoisotopic (exact) mass is 220 g/mol. The van der Waals surface area contributed by atoms with Crippen LogP contribution < -0.4 is 0 Å². The molecule has 0 radical (unpaired) electrons. The Morgan fingerprint density at radius 3 is 2.93 bits per heavy atom. The van der Waals surface area contributed by atoms with Crippen molar-refractivity contribution in [3.05, 3.63) is 34.9 Å². The van der Waals surface area contributed by atoms with Gasteiger partial charge in [-0.3, -0.25) is 4.79 Å². The standard InChI is InChI=1S/C13H13ClO/c1-2-3-4-8-13(15)10-11-6-5-7-12(14)9-11/h1,5-7,9H,3-4,8,10H2. The zero-order chi connectivity index (χ0) is 11.1. The Hall–Kier alpha value is -1.26. The van der Waals surface area contributed by atoms with Crippen LogP contribution in [0.2, 0.25) is 5.02 Å². The highest BCUT2D eigenvalue weighted by atomic mass is 35.5. The number of carbonyl (C=O) groups excluding carboxylic acids is 1. The van der Waals surface area contributed by atoms with Crippen LogP contribution in [0.3, 0.4) is 0 Å². The summed E-state index contributed by atoms with van der Waals surface area (Å²) < 4.78 is 0. The molecule has 1 aromatic carbocycles. The molecule has 0 saturated carbocycles. The summed E-state index contributed by atoms with van der Waals surface area (Å²) in [5.41, 5.74) is 0.966. The molecule has 78 valence electrons. The van der Waals surface area contributed by atoms with E-state index in [0.717, 1.165) is 12.0 Å². The van der Waals surface area contributed by atoms with Crippen LogP contribution in [0.15, 0.2) is 24.3 Å². The van der Waals surface area contributed by atoms with E-state index in [-0.39, 0.29) is 5.78 Å². The average Bonchev–Trinajstić information content (AvgIpc) is 2.18. The van der Waals surface area contributed by atoms with Crippen LogP contribution in [0, 0.1) is 12.3 Å². The highest BCUT2D eigenvalue weighted by Gasteiger charge is 2.03. The Morgan fingerprint density at radius 2 is 2.27 bits per heavy atom. The number of rotatable bonds is 5. The fourth-order valence-electron chi connectivity index (χ4n) is 1.35. The molecule has 0 fully saturated rings. The number of terminal acetylenes is 1.